The van der Waals surface area contributed by atoms with E-state index in [1.54, 1.807) is 23.9 Å². The molecule has 0 heterocycles. The van der Waals surface area contributed by atoms with Gasteiger partial charge in [-0.3, -0.25) is 4.79 Å². The Labute approximate surface area is 112 Å². The molecule has 0 bridgehead atoms. The molecule has 0 saturated carbocycles. The third-order valence-corrected chi connectivity index (χ3v) is 3.79. The van der Waals surface area contributed by atoms with Gasteiger partial charge in [0.1, 0.15) is 5.82 Å². The van der Waals surface area contributed by atoms with E-state index in [4.69, 9.17) is 0 Å². The molecule has 0 aliphatic heterocycles. The number of hydrogen-bond acceptors (Lipinski definition) is 2. The van der Waals surface area contributed by atoms with E-state index >= 15 is 0 Å². The van der Waals surface area contributed by atoms with Crippen molar-refractivity contribution in [1.29, 1.82) is 0 Å². The highest BCUT2D eigenvalue weighted by Gasteiger charge is 2.17. The molecule has 1 rings (SSSR count). The SMILES string of the molecule is CCC(C)(C)NC(=O)CCSc1ccc(F)cc1. The van der Waals surface area contributed by atoms with Crippen LogP contribution in [-0.2, 0) is 4.79 Å². The van der Waals surface area contributed by atoms with Crippen LogP contribution in [0.1, 0.15) is 33.6 Å². The normalized spacial score (nSPS) is 11.3. The Morgan fingerprint density at radius 3 is 2.50 bits per heavy atom. The quantitative estimate of drug-likeness (QED) is 0.799. The van der Waals surface area contributed by atoms with Gasteiger partial charge in [0.2, 0.25) is 5.91 Å². The van der Waals surface area contributed by atoms with Crippen LogP contribution >= 0.6 is 11.8 Å². The molecule has 0 spiro atoms. The van der Waals surface area contributed by atoms with Crippen LogP contribution < -0.4 is 5.32 Å². The Bertz CT molecular complexity index is 389. The van der Waals surface area contributed by atoms with Crippen molar-refractivity contribution in [2.45, 2.75) is 44.0 Å². The highest BCUT2D eigenvalue weighted by Crippen LogP contribution is 2.19. The van der Waals surface area contributed by atoms with E-state index in [1.165, 1.54) is 12.1 Å². The van der Waals surface area contributed by atoms with Crippen LogP contribution in [0.4, 0.5) is 4.39 Å². The topological polar surface area (TPSA) is 29.1 Å². The van der Waals surface area contributed by atoms with E-state index in [0.29, 0.717) is 12.2 Å². The number of benzene rings is 1. The fourth-order valence-corrected chi connectivity index (χ4v) is 2.17. The summed E-state index contributed by atoms with van der Waals surface area (Å²) in [4.78, 5) is 12.7. The second-order valence-corrected chi connectivity index (χ2v) is 6.01. The Morgan fingerprint density at radius 2 is 1.94 bits per heavy atom. The number of carbonyl (C=O) groups excluding carboxylic acids is 1. The number of nitrogens with one attached hydrogen (secondary N) is 1. The van der Waals surface area contributed by atoms with Crippen LogP contribution in [0.3, 0.4) is 0 Å². The molecule has 1 aromatic carbocycles. The van der Waals surface area contributed by atoms with Crippen LogP contribution in [0.2, 0.25) is 0 Å². The van der Waals surface area contributed by atoms with E-state index in [2.05, 4.69) is 5.32 Å². The molecule has 1 amide bonds. The summed E-state index contributed by atoms with van der Waals surface area (Å²) >= 11 is 1.56. The second kappa shape index (κ2) is 6.78. The fourth-order valence-electron chi connectivity index (χ4n) is 1.32. The monoisotopic (exact) mass is 269 g/mol. The first-order valence-electron chi connectivity index (χ1n) is 6.12. The van der Waals surface area contributed by atoms with Gasteiger partial charge in [0.15, 0.2) is 0 Å². The van der Waals surface area contributed by atoms with Gasteiger partial charge >= 0.3 is 0 Å². The average molecular weight is 269 g/mol. The number of thioether (sulfide) groups is 1. The lowest BCUT2D eigenvalue weighted by Gasteiger charge is -2.24. The van der Waals surface area contributed by atoms with Crippen molar-refractivity contribution in [2.75, 3.05) is 5.75 Å². The maximum absolute atomic E-state index is 12.7. The predicted molar refractivity (Wildman–Crippen MR) is 74.3 cm³/mol. The molecule has 1 aromatic rings. The largest absolute Gasteiger partial charge is 0.351 e. The molecule has 0 aliphatic carbocycles. The van der Waals surface area contributed by atoms with Crippen LogP contribution in [0.15, 0.2) is 29.2 Å². The molecule has 0 atom stereocenters. The molecule has 100 valence electrons. The summed E-state index contributed by atoms with van der Waals surface area (Å²) in [7, 11) is 0. The summed E-state index contributed by atoms with van der Waals surface area (Å²) in [6.45, 7) is 6.07. The standard InChI is InChI=1S/C14H20FNOS/c1-4-14(2,3)16-13(17)9-10-18-12-7-5-11(15)6-8-12/h5-8H,4,9-10H2,1-3H3,(H,16,17). The van der Waals surface area contributed by atoms with Crippen molar-refractivity contribution in [3.8, 4) is 0 Å². The van der Waals surface area contributed by atoms with E-state index in [0.717, 1.165) is 11.3 Å². The summed E-state index contributed by atoms with van der Waals surface area (Å²) in [5.41, 5.74) is -0.141. The zero-order chi connectivity index (χ0) is 13.6. The fraction of sp³-hybridized carbons (Fsp3) is 0.500. The number of amides is 1. The minimum absolute atomic E-state index is 0.0662. The summed E-state index contributed by atoms with van der Waals surface area (Å²) in [6, 6.07) is 6.33. The van der Waals surface area contributed by atoms with Crippen molar-refractivity contribution < 1.29 is 9.18 Å². The Hall–Kier alpha value is -1.03. The lowest BCUT2D eigenvalue weighted by Crippen LogP contribution is -2.42. The van der Waals surface area contributed by atoms with E-state index in [1.807, 2.05) is 20.8 Å². The second-order valence-electron chi connectivity index (χ2n) is 4.84. The van der Waals surface area contributed by atoms with Gasteiger partial charge in [-0.05, 0) is 44.5 Å². The summed E-state index contributed by atoms with van der Waals surface area (Å²) in [5.74, 6) is 0.537. The predicted octanol–water partition coefficient (Wildman–Crippen LogP) is 3.61. The van der Waals surface area contributed by atoms with Crippen molar-refractivity contribution in [2.24, 2.45) is 0 Å². The lowest BCUT2D eigenvalue weighted by molar-refractivity contribution is -0.122. The molecule has 0 aliphatic rings. The molecule has 1 N–H and O–H groups in total. The van der Waals surface area contributed by atoms with Gasteiger partial charge in [0.25, 0.3) is 0 Å². The van der Waals surface area contributed by atoms with Gasteiger partial charge in [-0.2, -0.15) is 0 Å². The molecule has 0 fully saturated rings. The van der Waals surface area contributed by atoms with Crippen LogP contribution in [0, 0.1) is 5.82 Å². The number of rotatable bonds is 6. The number of halogens is 1. The van der Waals surface area contributed by atoms with Crippen LogP contribution in [0.25, 0.3) is 0 Å². The first-order valence-corrected chi connectivity index (χ1v) is 7.11. The van der Waals surface area contributed by atoms with Gasteiger partial charge in [0, 0.05) is 22.6 Å². The first kappa shape index (κ1) is 15.0. The lowest BCUT2D eigenvalue weighted by atomic mass is 10.0. The third-order valence-electron chi connectivity index (χ3n) is 2.77. The maximum atomic E-state index is 12.7. The van der Waals surface area contributed by atoms with Crippen LogP contribution in [-0.4, -0.2) is 17.2 Å². The van der Waals surface area contributed by atoms with Gasteiger partial charge in [-0.25, -0.2) is 4.39 Å². The summed E-state index contributed by atoms with van der Waals surface area (Å²) in [5, 5.41) is 2.99. The molecular weight excluding hydrogens is 249 g/mol. The van der Waals surface area contributed by atoms with Crippen molar-refractivity contribution >= 4 is 17.7 Å². The first-order chi connectivity index (χ1) is 8.43. The maximum Gasteiger partial charge on any atom is 0.221 e. The van der Waals surface area contributed by atoms with Gasteiger partial charge < -0.3 is 5.32 Å². The molecule has 0 unspecified atom stereocenters. The van der Waals surface area contributed by atoms with Crippen molar-refractivity contribution in [3.05, 3.63) is 30.1 Å². The third kappa shape index (κ3) is 5.54. The molecule has 0 aromatic heterocycles. The van der Waals surface area contributed by atoms with Crippen molar-refractivity contribution in [1.82, 2.24) is 5.32 Å². The van der Waals surface area contributed by atoms with E-state index < -0.39 is 0 Å². The summed E-state index contributed by atoms with van der Waals surface area (Å²) in [6.07, 6.45) is 1.38. The van der Waals surface area contributed by atoms with Crippen LogP contribution in [0.5, 0.6) is 0 Å². The average Bonchev–Trinajstić information content (AvgIpc) is 2.31. The molecular formula is C14H20FNOS. The van der Waals surface area contributed by atoms with Crippen molar-refractivity contribution in [3.63, 3.8) is 0 Å². The summed E-state index contributed by atoms with van der Waals surface area (Å²) < 4.78 is 12.7. The molecule has 18 heavy (non-hydrogen) atoms. The number of hydrogen-bond donors (Lipinski definition) is 1. The molecule has 2 nitrogen and oxygen atoms in total. The van der Waals surface area contributed by atoms with Gasteiger partial charge in [0.05, 0.1) is 0 Å². The zero-order valence-electron chi connectivity index (χ0n) is 11.1. The number of carbonyl (C=O) groups is 1. The van der Waals surface area contributed by atoms with E-state index in [-0.39, 0.29) is 17.3 Å². The molecule has 0 saturated heterocycles. The zero-order valence-corrected chi connectivity index (χ0v) is 11.9. The smallest absolute Gasteiger partial charge is 0.221 e. The van der Waals surface area contributed by atoms with Gasteiger partial charge in [-0.15, -0.1) is 11.8 Å². The van der Waals surface area contributed by atoms with E-state index in [9.17, 15) is 9.18 Å². The Balaban J connectivity index is 2.29. The highest BCUT2D eigenvalue weighted by atomic mass is 32.2. The van der Waals surface area contributed by atoms with Gasteiger partial charge in [-0.1, -0.05) is 6.92 Å². The molecule has 0 radical (unpaired) electrons. The highest BCUT2D eigenvalue weighted by molar-refractivity contribution is 7.99. The minimum atomic E-state index is -0.234. The Kier molecular flexibility index (Phi) is 5.66. The minimum Gasteiger partial charge on any atom is -0.351 e. The Morgan fingerprint density at radius 1 is 1.33 bits per heavy atom. The molecule has 4 heteroatoms.